The van der Waals surface area contributed by atoms with Crippen molar-refractivity contribution < 1.29 is 0 Å². The third-order valence-corrected chi connectivity index (χ3v) is 3.26. The fourth-order valence-corrected chi connectivity index (χ4v) is 1.70. The van der Waals surface area contributed by atoms with Crippen molar-refractivity contribution in [3.8, 4) is 0 Å². The van der Waals surface area contributed by atoms with E-state index in [2.05, 4.69) is 62.9 Å². The number of rotatable bonds is 5. The van der Waals surface area contributed by atoms with Crippen molar-refractivity contribution in [2.75, 3.05) is 13.1 Å². The van der Waals surface area contributed by atoms with Crippen LogP contribution in [0, 0.1) is 5.41 Å². The molecule has 0 heterocycles. The molecule has 0 radical (unpaired) electrons. The zero-order valence-corrected chi connectivity index (χ0v) is 11.6. The van der Waals surface area contributed by atoms with E-state index in [-0.39, 0.29) is 11.5 Å². The molecule has 0 spiro atoms. The summed E-state index contributed by atoms with van der Waals surface area (Å²) in [5, 5.41) is 0. The standard InChI is InChI=1S/C15H26N2/c1-5-17(12-14(16)15(2,3)4)11-13-9-7-6-8-10-13/h6-10,14H,5,11-12,16H2,1-4H3. The molecule has 0 amide bonds. The van der Waals surface area contributed by atoms with E-state index < -0.39 is 0 Å². The molecule has 17 heavy (non-hydrogen) atoms. The Labute approximate surface area is 106 Å². The van der Waals surface area contributed by atoms with Crippen molar-refractivity contribution in [1.29, 1.82) is 0 Å². The van der Waals surface area contributed by atoms with Crippen LogP contribution in [0.15, 0.2) is 30.3 Å². The van der Waals surface area contributed by atoms with Crippen molar-refractivity contribution >= 4 is 0 Å². The van der Waals surface area contributed by atoms with Crippen molar-refractivity contribution in [1.82, 2.24) is 4.90 Å². The van der Waals surface area contributed by atoms with Crippen LogP contribution in [0.2, 0.25) is 0 Å². The fourth-order valence-electron chi connectivity index (χ4n) is 1.70. The molecule has 1 unspecified atom stereocenters. The van der Waals surface area contributed by atoms with Crippen LogP contribution in [0.3, 0.4) is 0 Å². The number of benzene rings is 1. The lowest BCUT2D eigenvalue weighted by Gasteiger charge is -2.32. The maximum absolute atomic E-state index is 6.24. The van der Waals surface area contributed by atoms with E-state index in [0.717, 1.165) is 19.6 Å². The largest absolute Gasteiger partial charge is 0.326 e. The van der Waals surface area contributed by atoms with Crippen molar-refractivity contribution in [2.24, 2.45) is 11.1 Å². The first-order valence-corrected chi connectivity index (χ1v) is 6.45. The molecular weight excluding hydrogens is 208 g/mol. The predicted octanol–water partition coefficient (Wildman–Crippen LogP) is 2.88. The predicted molar refractivity (Wildman–Crippen MR) is 74.8 cm³/mol. The van der Waals surface area contributed by atoms with Gasteiger partial charge in [-0.15, -0.1) is 0 Å². The van der Waals surface area contributed by atoms with Crippen LogP contribution in [0.4, 0.5) is 0 Å². The fraction of sp³-hybridized carbons (Fsp3) is 0.600. The molecule has 2 heteroatoms. The highest BCUT2D eigenvalue weighted by atomic mass is 15.1. The van der Waals surface area contributed by atoms with Gasteiger partial charge in [0.2, 0.25) is 0 Å². The van der Waals surface area contributed by atoms with Gasteiger partial charge < -0.3 is 5.73 Å². The molecule has 0 aliphatic rings. The Morgan fingerprint density at radius 2 is 1.76 bits per heavy atom. The molecule has 2 nitrogen and oxygen atoms in total. The van der Waals surface area contributed by atoms with Gasteiger partial charge in [-0.05, 0) is 17.5 Å². The average Bonchev–Trinajstić information content (AvgIpc) is 2.28. The molecule has 1 aromatic rings. The van der Waals surface area contributed by atoms with Crippen LogP contribution in [-0.2, 0) is 6.54 Å². The third kappa shape index (κ3) is 4.88. The van der Waals surface area contributed by atoms with Crippen molar-refractivity contribution in [3.05, 3.63) is 35.9 Å². The van der Waals surface area contributed by atoms with Gasteiger partial charge in [0.25, 0.3) is 0 Å². The molecule has 0 aromatic heterocycles. The van der Waals surface area contributed by atoms with Crippen LogP contribution >= 0.6 is 0 Å². The highest BCUT2D eigenvalue weighted by Gasteiger charge is 2.22. The topological polar surface area (TPSA) is 29.3 Å². The molecule has 1 rings (SSSR count). The minimum absolute atomic E-state index is 0.171. The smallest absolute Gasteiger partial charge is 0.0234 e. The second kappa shape index (κ2) is 6.18. The van der Waals surface area contributed by atoms with Crippen molar-refractivity contribution in [2.45, 2.75) is 40.3 Å². The number of hydrogen-bond acceptors (Lipinski definition) is 2. The lowest BCUT2D eigenvalue weighted by atomic mass is 9.87. The van der Waals surface area contributed by atoms with Crippen molar-refractivity contribution in [3.63, 3.8) is 0 Å². The molecule has 0 bridgehead atoms. The average molecular weight is 234 g/mol. The molecule has 1 atom stereocenters. The normalized spacial score (nSPS) is 14.0. The Morgan fingerprint density at radius 3 is 2.24 bits per heavy atom. The van der Waals surface area contributed by atoms with Crippen LogP contribution < -0.4 is 5.73 Å². The van der Waals surface area contributed by atoms with Gasteiger partial charge in [-0.25, -0.2) is 0 Å². The van der Waals surface area contributed by atoms with E-state index in [1.54, 1.807) is 0 Å². The summed E-state index contributed by atoms with van der Waals surface area (Å²) in [6.45, 7) is 11.8. The zero-order valence-electron chi connectivity index (χ0n) is 11.6. The van der Waals surface area contributed by atoms with Crippen LogP contribution in [0.25, 0.3) is 0 Å². The molecule has 0 aliphatic heterocycles. The Hall–Kier alpha value is -0.860. The molecule has 0 saturated heterocycles. The van der Waals surface area contributed by atoms with Crippen LogP contribution in [-0.4, -0.2) is 24.0 Å². The highest BCUT2D eigenvalue weighted by Crippen LogP contribution is 2.18. The van der Waals surface area contributed by atoms with E-state index >= 15 is 0 Å². The van der Waals surface area contributed by atoms with Gasteiger partial charge >= 0.3 is 0 Å². The molecule has 0 fully saturated rings. The van der Waals surface area contributed by atoms with Gasteiger partial charge in [-0.1, -0.05) is 58.0 Å². The number of likely N-dealkylation sites (N-methyl/N-ethyl adjacent to an activating group) is 1. The van der Waals surface area contributed by atoms with Crippen LogP contribution in [0.5, 0.6) is 0 Å². The van der Waals surface area contributed by atoms with E-state index in [4.69, 9.17) is 5.73 Å². The van der Waals surface area contributed by atoms with Gasteiger partial charge in [-0.2, -0.15) is 0 Å². The second-order valence-corrected chi connectivity index (χ2v) is 5.79. The molecule has 2 N–H and O–H groups in total. The summed E-state index contributed by atoms with van der Waals surface area (Å²) in [5.41, 5.74) is 7.77. The summed E-state index contributed by atoms with van der Waals surface area (Å²) in [5.74, 6) is 0. The Morgan fingerprint density at radius 1 is 1.18 bits per heavy atom. The molecular formula is C15H26N2. The highest BCUT2D eigenvalue weighted by molar-refractivity contribution is 5.14. The quantitative estimate of drug-likeness (QED) is 0.849. The van der Waals surface area contributed by atoms with Gasteiger partial charge in [0.05, 0.1) is 0 Å². The van der Waals surface area contributed by atoms with Gasteiger partial charge in [0, 0.05) is 19.1 Å². The maximum atomic E-state index is 6.24. The third-order valence-electron chi connectivity index (χ3n) is 3.26. The molecule has 1 aromatic carbocycles. The summed E-state index contributed by atoms with van der Waals surface area (Å²) < 4.78 is 0. The minimum atomic E-state index is 0.171. The lowest BCUT2D eigenvalue weighted by Crippen LogP contribution is -2.45. The number of nitrogens with two attached hydrogens (primary N) is 1. The first-order chi connectivity index (χ1) is 7.93. The van der Waals surface area contributed by atoms with E-state index in [1.807, 2.05) is 0 Å². The second-order valence-electron chi connectivity index (χ2n) is 5.79. The number of hydrogen-bond donors (Lipinski definition) is 1. The summed E-state index contributed by atoms with van der Waals surface area (Å²) in [6.07, 6.45) is 0. The summed E-state index contributed by atoms with van der Waals surface area (Å²) >= 11 is 0. The maximum Gasteiger partial charge on any atom is 0.0234 e. The Balaban J connectivity index is 2.55. The van der Waals surface area contributed by atoms with Crippen LogP contribution in [0.1, 0.15) is 33.3 Å². The van der Waals surface area contributed by atoms with Gasteiger partial charge in [0.15, 0.2) is 0 Å². The first-order valence-electron chi connectivity index (χ1n) is 6.45. The SMILES string of the molecule is CCN(Cc1ccccc1)CC(N)C(C)(C)C. The summed E-state index contributed by atoms with van der Waals surface area (Å²) in [4.78, 5) is 2.41. The summed E-state index contributed by atoms with van der Waals surface area (Å²) in [6, 6.07) is 10.8. The van der Waals surface area contributed by atoms with E-state index in [1.165, 1.54) is 5.56 Å². The Bertz CT molecular complexity index is 313. The zero-order chi connectivity index (χ0) is 12.9. The monoisotopic (exact) mass is 234 g/mol. The summed E-state index contributed by atoms with van der Waals surface area (Å²) in [7, 11) is 0. The Kier molecular flexibility index (Phi) is 5.16. The van der Waals surface area contributed by atoms with E-state index in [0.29, 0.717) is 0 Å². The van der Waals surface area contributed by atoms with Gasteiger partial charge in [-0.3, -0.25) is 4.90 Å². The minimum Gasteiger partial charge on any atom is -0.326 e. The lowest BCUT2D eigenvalue weighted by molar-refractivity contribution is 0.200. The van der Waals surface area contributed by atoms with Gasteiger partial charge in [0.1, 0.15) is 0 Å². The first kappa shape index (κ1) is 14.2. The van der Waals surface area contributed by atoms with E-state index in [9.17, 15) is 0 Å². The molecule has 96 valence electrons. The molecule has 0 saturated carbocycles. The number of nitrogens with zero attached hydrogens (tertiary/aromatic N) is 1. The molecule has 0 aliphatic carbocycles.